The van der Waals surface area contributed by atoms with E-state index in [0.717, 1.165) is 24.4 Å². The molecule has 0 spiro atoms. The topological polar surface area (TPSA) is 21.8 Å². The lowest BCUT2D eigenvalue weighted by Crippen LogP contribution is -2.39. The lowest BCUT2D eigenvalue weighted by atomic mass is 9.65. The van der Waals surface area contributed by atoms with Gasteiger partial charge in [0, 0.05) is 13.7 Å². The van der Waals surface area contributed by atoms with Crippen molar-refractivity contribution in [1.82, 2.24) is 0 Å². The van der Waals surface area contributed by atoms with Crippen LogP contribution in [0.3, 0.4) is 0 Å². The van der Waals surface area contributed by atoms with Gasteiger partial charge in [0.05, 0.1) is 12.2 Å². The summed E-state index contributed by atoms with van der Waals surface area (Å²) < 4.78 is 10.9. The molecule has 4 aliphatic rings. The van der Waals surface area contributed by atoms with Gasteiger partial charge in [-0.2, -0.15) is 0 Å². The fourth-order valence-corrected chi connectivity index (χ4v) is 3.32. The average Bonchev–Trinajstić information content (AvgIpc) is 2.85. The Balaban J connectivity index is 1.75. The van der Waals surface area contributed by atoms with Crippen LogP contribution in [0.25, 0.3) is 0 Å². The maximum atomic E-state index is 5.69. The third kappa shape index (κ3) is 0.882. The summed E-state index contributed by atoms with van der Waals surface area (Å²) in [7, 11) is 1.81. The number of epoxide rings is 1. The maximum Gasteiger partial charge on any atom is 0.0876 e. The normalized spacial score (nSPS) is 55.2. The summed E-state index contributed by atoms with van der Waals surface area (Å²) in [6, 6.07) is 0. The Kier molecular flexibility index (Phi) is 1.50. The average molecular weight is 168 g/mol. The summed E-state index contributed by atoms with van der Waals surface area (Å²) in [6.07, 6.45) is 5.46. The van der Waals surface area contributed by atoms with E-state index in [1.54, 1.807) is 0 Å². The van der Waals surface area contributed by atoms with Crippen molar-refractivity contribution in [3.05, 3.63) is 0 Å². The van der Waals surface area contributed by atoms with Crippen LogP contribution in [0, 0.1) is 17.8 Å². The predicted molar refractivity (Wildman–Crippen MR) is 44.9 cm³/mol. The van der Waals surface area contributed by atoms with E-state index in [4.69, 9.17) is 9.47 Å². The third-order valence-electron chi connectivity index (χ3n) is 3.91. The molecule has 4 fully saturated rings. The van der Waals surface area contributed by atoms with Gasteiger partial charge in [-0.25, -0.2) is 0 Å². The summed E-state index contributed by atoms with van der Waals surface area (Å²) in [4.78, 5) is 0. The Bertz CT molecular complexity index is 192. The van der Waals surface area contributed by atoms with Crippen molar-refractivity contribution < 1.29 is 9.47 Å². The van der Waals surface area contributed by atoms with Gasteiger partial charge in [-0.1, -0.05) is 0 Å². The molecule has 4 rings (SSSR count). The zero-order valence-electron chi connectivity index (χ0n) is 7.53. The van der Waals surface area contributed by atoms with Gasteiger partial charge in [0.2, 0.25) is 0 Å². The molecule has 1 aliphatic heterocycles. The molecule has 1 heterocycles. The molecule has 0 unspecified atom stereocenters. The number of ether oxygens (including phenoxy) is 2. The summed E-state index contributed by atoms with van der Waals surface area (Å²) in [5, 5.41) is 0. The van der Waals surface area contributed by atoms with E-state index in [-0.39, 0.29) is 0 Å². The molecule has 3 saturated carbocycles. The Morgan fingerprint density at radius 1 is 1.33 bits per heavy atom. The van der Waals surface area contributed by atoms with E-state index in [2.05, 4.69) is 0 Å². The smallest absolute Gasteiger partial charge is 0.0876 e. The van der Waals surface area contributed by atoms with Gasteiger partial charge in [0.25, 0.3) is 0 Å². The number of rotatable bonds is 2. The van der Waals surface area contributed by atoms with Crippen molar-refractivity contribution in [1.29, 1.82) is 0 Å². The highest BCUT2D eigenvalue weighted by molar-refractivity contribution is 5.06. The van der Waals surface area contributed by atoms with Gasteiger partial charge in [-0.3, -0.25) is 0 Å². The SMILES string of the molecule is COC[C@H]1C[C@H]2CC[C@@H]1[C@H]1O[C@@H]21. The highest BCUT2D eigenvalue weighted by Gasteiger charge is 2.58. The molecule has 12 heavy (non-hydrogen) atoms. The van der Waals surface area contributed by atoms with Gasteiger partial charge in [-0.05, 0) is 37.0 Å². The lowest BCUT2D eigenvalue weighted by Gasteiger charge is -2.38. The highest BCUT2D eigenvalue weighted by Crippen LogP contribution is 2.55. The monoisotopic (exact) mass is 168 g/mol. The van der Waals surface area contributed by atoms with Crippen LogP contribution in [0.5, 0.6) is 0 Å². The van der Waals surface area contributed by atoms with Crippen LogP contribution < -0.4 is 0 Å². The Morgan fingerprint density at radius 2 is 2.25 bits per heavy atom. The summed E-state index contributed by atoms with van der Waals surface area (Å²) in [5.41, 5.74) is 0. The molecule has 0 aromatic heterocycles. The number of methoxy groups -OCH3 is 1. The van der Waals surface area contributed by atoms with E-state index in [0.29, 0.717) is 12.2 Å². The van der Waals surface area contributed by atoms with Crippen molar-refractivity contribution in [2.75, 3.05) is 13.7 Å². The van der Waals surface area contributed by atoms with E-state index in [9.17, 15) is 0 Å². The second-order valence-electron chi connectivity index (χ2n) is 4.52. The molecule has 5 atom stereocenters. The summed E-state index contributed by atoms with van der Waals surface area (Å²) in [6.45, 7) is 0.952. The Labute approximate surface area is 73.2 Å². The van der Waals surface area contributed by atoms with Gasteiger partial charge >= 0.3 is 0 Å². The van der Waals surface area contributed by atoms with Crippen molar-refractivity contribution in [3.63, 3.8) is 0 Å². The maximum absolute atomic E-state index is 5.69. The molecule has 2 nitrogen and oxygen atoms in total. The quantitative estimate of drug-likeness (QED) is 0.582. The Hall–Kier alpha value is -0.0800. The first-order valence-corrected chi connectivity index (χ1v) is 5.04. The van der Waals surface area contributed by atoms with Crippen LogP contribution in [0.4, 0.5) is 0 Å². The Morgan fingerprint density at radius 3 is 3.00 bits per heavy atom. The van der Waals surface area contributed by atoms with Crippen LogP contribution in [0.1, 0.15) is 19.3 Å². The number of hydrogen-bond acceptors (Lipinski definition) is 2. The molecule has 0 aromatic carbocycles. The molecule has 0 aromatic rings. The highest BCUT2D eigenvalue weighted by atomic mass is 16.6. The molecule has 0 radical (unpaired) electrons. The first-order chi connectivity index (χ1) is 5.90. The number of hydrogen-bond donors (Lipinski definition) is 0. The van der Waals surface area contributed by atoms with Gasteiger partial charge in [0.1, 0.15) is 0 Å². The molecule has 1 saturated heterocycles. The molecular formula is C10H16O2. The first kappa shape index (κ1) is 7.34. The minimum Gasteiger partial charge on any atom is -0.384 e. The van der Waals surface area contributed by atoms with Crippen molar-refractivity contribution >= 4 is 0 Å². The molecule has 68 valence electrons. The summed E-state index contributed by atoms with van der Waals surface area (Å²) >= 11 is 0. The number of fused-ring (bicyclic) bond motifs is 2. The zero-order valence-corrected chi connectivity index (χ0v) is 7.53. The molecule has 2 bridgehead atoms. The predicted octanol–water partition coefficient (Wildman–Crippen LogP) is 1.45. The van der Waals surface area contributed by atoms with Gasteiger partial charge in [0.15, 0.2) is 0 Å². The molecule has 0 N–H and O–H groups in total. The van der Waals surface area contributed by atoms with E-state index >= 15 is 0 Å². The first-order valence-electron chi connectivity index (χ1n) is 5.04. The fourth-order valence-electron chi connectivity index (χ4n) is 3.32. The van der Waals surface area contributed by atoms with E-state index in [1.165, 1.54) is 19.3 Å². The standard InChI is InChI=1S/C10H16O2/c1-11-5-7-4-6-2-3-8(7)10-9(6)12-10/h6-10H,2-5H2,1H3/t6-,7-,8+,9+,10-/m1/s1. The van der Waals surface area contributed by atoms with Crippen LogP contribution in [0.15, 0.2) is 0 Å². The molecular weight excluding hydrogens is 152 g/mol. The van der Waals surface area contributed by atoms with Crippen LogP contribution in [-0.2, 0) is 9.47 Å². The minimum atomic E-state index is 0.637. The second kappa shape index (κ2) is 2.46. The molecule has 3 aliphatic carbocycles. The van der Waals surface area contributed by atoms with Crippen molar-refractivity contribution in [3.8, 4) is 0 Å². The van der Waals surface area contributed by atoms with E-state index < -0.39 is 0 Å². The third-order valence-corrected chi connectivity index (χ3v) is 3.91. The summed E-state index contributed by atoms with van der Waals surface area (Å²) in [5.74, 6) is 2.51. The van der Waals surface area contributed by atoms with Crippen LogP contribution >= 0.6 is 0 Å². The van der Waals surface area contributed by atoms with Crippen LogP contribution in [0.2, 0.25) is 0 Å². The van der Waals surface area contributed by atoms with Crippen LogP contribution in [-0.4, -0.2) is 25.9 Å². The second-order valence-corrected chi connectivity index (χ2v) is 4.52. The van der Waals surface area contributed by atoms with Gasteiger partial charge < -0.3 is 9.47 Å². The van der Waals surface area contributed by atoms with Crippen molar-refractivity contribution in [2.24, 2.45) is 17.8 Å². The minimum absolute atomic E-state index is 0.637. The molecule has 0 amide bonds. The van der Waals surface area contributed by atoms with E-state index in [1.807, 2.05) is 7.11 Å². The lowest BCUT2D eigenvalue weighted by molar-refractivity contribution is 0.0522. The molecule has 2 heteroatoms. The zero-order chi connectivity index (χ0) is 8.13. The van der Waals surface area contributed by atoms with Crippen molar-refractivity contribution in [2.45, 2.75) is 31.5 Å². The van der Waals surface area contributed by atoms with Gasteiger partial charge in [-0.15, -0.1) is 0 Å². The largest absolute Gasteiger partial charge is 0.384 e. The fraction of sp³-hybridized carbons (Fsp3) is 1.00.